The average Bonchev–Trinajstić information content (AvgIpc) is 2.42. The Balaban J connectivity index is 2.39. The molecule has 0 unspecified atom stereocenters. The van der Waals surface area contributed by atoms with E-state index < -0.39 is 10.0 Å². The minimum absolute atomic E-state index is 0.0828. The molecule has 0 bridgehead atoms. The summed E-state index contributed by atoms with van der Waals surface area (Å²) < 4.78 is 27.8. The Labute approximate surface area is 125 Å². The molecular weight excluding hydrogens is 344 g/mol. The van der Waals surface area contributed by atoms with E-state index in [4.69, 9.17) is 0 Å². The van der Waals surface area contributed by atoms with Crippen molar-refractivity contribution in [2.24, 2.45) is 0 Å². The highest BCUT2D eigenvalue weighted by Gasteiger charge is 2.20. The molecule has 2 heterocycles. The fourth-order valence-electron chi connectivity index (χ4n) is 1.55. The molecule has 2 aromatic rings. The van der Waals surface area contributed by atoms with Crippen molar-refractivity contribution >= 4 is 37.6 Å². The molecule has 20 heavy (non-hydrogen) atoms. The van der Waals surface area contributed by atoms with Crippen LogP contribution >= 0.6 is 15.9 Å². The van der Waals surface area contributed by atoms with Crippen LogP contribution in [0.2, 0.25) is 0 Å². The molecule has 106 valence electrons. The number of nitrogens with zero attached hydrogens (tertiary/aromatic N) is 2. The van der Waals surface area contributed by atoms with E-state index >= 15 is 0 Å². The number of halogens is 1. The van der Waals surface area contributed by atoms with Crippen molar-refractivity contribution in [3.05, 3.63) is 41.1 Å². The first-order valence-electron chi connectivity index (χ1n) is 5.87. The van der Waals surface area contributed by atoms with Crippen molar-refractivity contribution in [1.29, 1.82) is 0 Å². The van der Waals surface area contributed by atoms with Crippen LogP contribution < -0.4 is 10.0 Å². The number of nitrogens with one attached hydrogen (secondary N) is 2. The molecular formula is C12H13BrN4O2S. The van der Waals surface area contributed by atoms with Crippen molar-refractivity contribution < 1.29 is 8.42 Å². The summed E-state index contributed by atoms with van der Waals surface area (Å²) in [4.78, 5) is 8.11. The number of hydrogen-bond donors (Lipinski definition) is 2. The van der Waals surface area contributed by atoms with Crippen molar-refractivity contribution in [3.63, 3.8) is 0 Å². The molecule has 0 aliphatic carbocycles. The van der Waals surface area contributed by atoms with Gasteiger partial charge >= 0.3 is 0 Å². The molecule has 0 atom stereocenters. The van der Waals surface area contributed by atoms with Crippen LogP contribution in [0.3, 0.4) is 0 Å². The summed E-state index contributed by atoms with van der Waals surface area (Å²) in [5.41, 5.74) is 0. The lowest BCUT2D eigenvalue weighted by Crippen LogP contribution is -2.17. The van der Waals surface area contributed by atoms with Crippen LogP contribution in [-0.4, -0.2) is 24.9 Å². The third-order valence-electron chi connectivity index (χ3n) is 2.39. The Hall–Kier alpha value is -1.67. The van der Waals surface area contributed by atoms with Gasteiger partial charge in [0.15, 0.2) is 5.82 Å². The average molecular weight is 357 g/mol. The third-order valence-corrected chi connectivity index (χ3v) is 4.40. The molecule has 0 aromatic carbocycles. The molecule has 0 saturated carbocycles. The van der Waals surface area contributed by atoms with E-state index in [0.717, 1.165) is 0 Å². The molecule has 2 aromatic heterocycles. The standard InChI is InChI=1S/C12H13BrN4O2S/c1-2-14-12-10(6-4-8-16-12)20(18,19)17-11-9(13)5-3-7-15-11/h3-8H,2H2,1H3,(H,14,16)(H,15,17). The van der Waals surface area contributed by atoms with Crippen LogP contribution in [0.1, 0.15) is 6.92 Å². The summed E-state index contributed by atoms with van der Waals surface area (Å²) in [6.45, 7) is 2.45. The number of hydrogen-bond acceptors (Lipinski definition) is 5. The Morgan fingerprint density at radius 3 is 2.45 bits per heavy atom. The summed E-state index contributed by atoms with van der Waals surface area (Å²) in [7, 11) is -3.76. The second-order valence-electron chi connectivity index (χ2n) is 3.82. The summed E-state index contributed by atoms with van der Waals surface area (Å²) in [6, 6.07) is 6.47. The lowest BCUT2D eigenvalue weighted by atomic mass is 10.4. The summed E-state index contributed by atoms with van der Waals surface area (Å²) in [5.74, 6) is 0.549. The van der Waals surface area contributed by atoms with E-state index in [1.165, 1.54) is 18.5 Å². The molecule has 2 N–H and O–H groups in total. The molecule has 0 radical (unpaired) electrons. The fourth-order valence-corrected chi connectivity index (χ4v) is 3.20. The van der Waals surface area contributed by atoms with Crippen molar-refractivity contribution in [3.8, 4) is 0 Å². The van der Waals surface area contributed by atoms with E-state index in [0.29, 0.717) is 16.8 Å². The second-order valence-corrected chi connectivity index (χ2v) is 6.32. The normalized spacial score (nSPS) is 11.1. The molecule has 6 nitrogen and oxygen atoms in total. The Kier molecular flexibility index (Phi) is 4.56. The minimum Gasteiger partial charge on any atom is -0.369 e. The SMILES string of the molecule is CCNc1ncccc1S(=O)(=O)Nc1ncccc1Br. The largest absolute Gasteiger partial charge is 0.369 e. The molecule has 0 amide bonds. The molecule has 2 rings (SSSR count). The van der Waals surface area contributed by atoms with Gasteiger partial charge in [-0.15, -0.1) is 0 Å². The number of anilines is 2. The third kappa shape index (κ3) is 3.26. The van der Waals surface area contributed by atoms with Crippen LogP contribution in [-0.2, 0) is 10.0 Å². The van der Waals surface area contributed by atoms with Gasteiger partial charge < -0.3 is 5.32 Å². The van der Waals surface area contributed by atoms with E-state index in [1.807, 2.05) is 6.92 Å². The maximum absolute atomic E-state index is 12.4. The Morgan fingerprint density at radius 1 is 1.15 bits per heavy atom. The first-order valence-corrected chi connectivity index (χ1v) is 8.14. The number of pyridine rings is 2. The van der Waals surface area contributed by atoms with Crippen LogP contribution in [0.5, 0.6) is 0 Å². The van der Waals surface area contributed by atoms with Gasteiger partial charge in [-0.25, -0.2) is 18.4 Å². The topological polar surface area (TPSA) is 84.0 Å². The molecule has 0 saturated heterocycles. The predicted molar refractivity (Wildman–Crippen MR) is 81.1 cm³/mol. The van der Waals surface area contributed by atoms with E-state index in [2.05, 4.69) is 35.9 Å². The maximum atomic E-state index is 12.4. The molecule has 8 heteroatoms. The first kappa shape index (κ1) is 14.7. The lowest BCUT2D eigenvalue weighted by Gasteiger charge is -2.12. The van der Waals surface area contributed by atoms with Gasteiger partial charge in [0.25, 0.3) is 10.0 Å². The number of aromatic nitrogens is 2. The number of sulfonamides is 1. The molecule has 0 aliphatic rings. The minimum atomic E-state index is -3.76. The monoisotopic (exact) mass is 356 g/mol. The molecule has 0 aliphatic heterocycles. The molecule has 0 fully saturated rings. The van der Waals surface area contributed by atoms with Gasteiger partial charge in [0, 0.05) is 18.9 Å². The highest BCUT2D eigenvalue weighted by atomic mass is 79.9. The van der Waals surface area contributed by atoms with Gasteiger partial charge in [0.05, 0.1) is 4.47 Å². The summed E-state index contributed by atoms with van der Waals surface area (Å²) in [5, 5.41) is 2.92. The second kappa shape index (κ2) is 6.19. The first-order chi connectivity index (χ1) is 9.54. The zero-order chi connectivity index (χ0) is 14.6. The van der Waals surface area contributed by atoms with Gasteiger partial charge in [0.2, 0.25) is 0 Å². The van der Waals surface area contributed by atoms with Crippen molar-refractivity contribution in [2.45, 2.75) is 11.8 Å². The maximum Gasteiger partial charge on any atom is 0.266 e. The summed E-state index contributed by atoms with van der Waals surface area (Å²) in [6.07, 6.45) is 3.05. The highest BCUT2D eigenvalue weighted by molar-refractivity contribution is 9.10. The zero-order valence-corrected chi connectivity index (χ0v) is 13.1. The van der Waals surface area contributed by atoms with E-state index in [-0.39, 0.29) is 10.7 Å². The van der Waals surface area contributed by atoms with Crippen molar-refractivity contribution in [1.82, 2.24) is 9.97 Å². The quantitative estimate of drug-likeness (QED) is 0.859. The smallest absolute Gasteiger partial charge is 0.266 e. The van der Waals surface area contributed by atoms with Gasteiger partial charge in [-0.1, -0.05) is 0 Å². The van der Waals surface area contributed by atoms with E-state index in [1.54, 1.807) is 18.2 Å². The lowest BCUT2D eigenvalue weighted by molar-refractivity contribution is 0.601. The Bertz CT molecular complexity index is 706. The van der Waals surface area contributed by atoms with Gasteiger partial charge in [0.1, 0.15) is 10.7 Å². The highest BCUT2D eigenvalue weighted by Crippen LogP contribution is 2.24. The van der Waals surface area contributed by atoms with Gasteiger partial charge in [-0.3, -0.25) is 4.72 Å². The van der Waals surface area contributed by atoms with Crippen LogP contribution in [0.4, 0.5) is 11.6 Å². The predicted octanol–water partition coefficient (Wildman–Crippen LogP) is 2.47. The number of rotatable bonds is 5. The fraction of sp³-hybridized carbons (Fsp3) is 0.167. The summed E-state index contributed by atoms with van der Waals surface area (Å²) >= 11 is 3.25. The van der Waals surface area contributed by atoms with Gasteiger partial charge in [-0.2, -0.15) is 0 Å². The molecule has 0 spiro atoms. The van der Waals surface area contributed by atoms with E-state index in [9.17, 15) is 8.42 Å². The van der Waals surface area contributed by atoms with Crippen molar-refractivity contribution in [2.75, 3.05) is 16.6 Å². The van der Waals surface area contributed by atoms with Crippen LogP contribution in [0.25, 0.3) is 0 Å². The zero-order valence-electron chi connectivity index (χ0n) is 10.7. The van der Waals surface area contributed by atoms with Gasteiger partial charge in [-0.05, 0) is 47.1 Å². The Morgan fingerprint density at radius 2 is 1.80 bits per heavy atom. The van der Waals surface area contributed by atoms with Crippen LogP contribution in [0, 0.1) is 0 Å². The van der Waals surface area contributed by atoms with Crippen LogP contribution in [0.15, 0.2) is 46.0 Å².